The van der Waals surface area contributed by atoms with Gasteiger partial charge in [0.1, 0.15) is 10.5 Å². The molecule has 3 aromatic rings. The molecule has 2 heterocycles. The minimum atomic E-state index is -3.53. The molecule has 0 saturated carbocycles. The molecule has 3 aromatic carbocycles. The smallest absolute Gasteiger partial charge is 0.245 e. The number of sulfonamides is 1. The average Bonchev–Trinajstić information content (AvgIpc) is 3.00. The molecule has 5 rings (SSSR count). The van der Waals surface area contributed by atoms with Crippen LogP contribution in [0.3, 0.4) is 0 Å². The molecule has 0 bridgehead atoms. The monoisotopic (exact) mass is 448 g/mol. The lowest BCUT2D eigenvalue weighted by atomic mass is 9.87. The maximum absolute atomic E-state index is 14.0. The summed E-state index contributed by atoms with van der Waals surface area (Å²) in [6.45, 7) is 2.64. The number of anilines is 1. The Morgan fingerprint density at radius 1 is 0.844 bits per heavy atom. The number of benzene rings is 3. The van der Waals surface area contributed by atoms with Crippen molar-refractivity contribution >= 4 is 15.7 Å². The fourth-order valence-electron chi connectivity index (χ4n) is 5.10. The van der Waals surface area contributed by atoms with Crippen LogP contribution in [0.5, 0.6) is 5.75 Å². The molecule has 0 aliphatic carbocycles. The van der Waals surface area contributed by atoms with Crippen molar-refractivity contribution in [2.24, 2.45) is 0 Å². The van der Waals surface area contributed by atoms with E-state index in [2.05, 4.69) is 11.0 Å². The zero-order valence-electron chi connectivity index (χ0n) is 18.3. The molecule has 2 aliphatic heterocycles. The normalized spacial score (nSPS) is 19.1. The fraction of sp³-hybridized carbons (Fsp3) is 0.308. The minimum absolute atomic E-state index is 0.370. The number of piperidine rings is 1. The summed E-state index contributed by atoms with van der Waals surface area (Å²) in [6.07, 6.45) is 1.20. The van der Waals surface area contributed by atoms with Gasteiger partial charge in [0.25, 0.3) is 0 Å². The van der Waals surface area contributed by atoms with Gasteiger partial charge in [-0.05, 0) is 47.7 Å². The van der Waals surface area contributed by atoms with Crippen molar-refractivity contribution in [3.8, 4) is 5.75 Å². The van der Waals surface area contributed by atoms with Crippen LogP contribution in [0.2, 0.25) is 0 Å². The van der Waals surface area contributed by atoms with E-state index >= 15 is 0 Å². The van der Waals surface area contributed by atoms with Crippen LogP contribution in [0.4, 0.5) is 5.69 Å². The van der Waals surface area contributed by atoms with Gasteiger partial charge in [0.05, 0.1) is 19.3 Å². The maximum atomic E-state index is 14.0. The topological polar surface area (TPSA) is 49.9 Å². The van der Waals surface area contributed by atoms with Crippen LogP contribution in [-0.2, 0) is 27.9 Å². The van der Waals surface area contributed by atoms with Crippen LogP contribution < -0.4 is 9.04 Å². The third kappa shape index (κ3) is 3.48. The van der Waals surface area contributed by atoms with Crippen LogP contribution in [0.15, 0.2) is 78.9 Å². The number of methoxy groups -OCH3 is 1. The lowest BCUT2D eigenvalue weighted by Gasteiger charge is -2.39. The van der Waals surface area contributed by atoms with Crippen molar-refractivity contribution in [1.82, 2.24) is 4.90 Å². The fourth-order valence-corrected chi connectivity index (χ4v) is 7.41. The van der Waals surface area contributed by atoms with Gasteiger partial charge >= 0.3 is 0 Å². The first-order valence-corrected chi connectivity index (χ1v) is 12.5. The van der Waals surface area contributed by atoms with Crippen molar-refractivity contribution in [2.45, 2.75) is 30.7 Å². The van der Waals surface area contributed by atoms with Crippen LogP contribution in [0.1, 0.15) is 29.5 Å². The number of nitrogens with zero attached hydrogens (tertiary/aromatic N) is 2. The second-order valence-corrected chi connectivity index (χ2v) is 10.8. The number of hydrogen-bond acceptors (Lipinski definition) is 4. The summed E-state index contributed by atoms with van der Waals surface area (Å²) >= 11 is 0. The molecule has 32 heavy (non-hydrogen) atoms. The molecule has 0 atom stereocenters. The molecule has 6 heteroatoms. The first-order chi connectivity index (χ1) is 15.5. The van der Waals surface area contributed by atoms with Crippen molar-refractivity contribution < 1.29 is 13.2 Å². The molecule has 2 aliphatic rings. The Labute approximate surface area is 190 Å². The Bertz CT molecular complexity index is 1200. The van der Waals surface area contributed by atoms with Crippen molar-refractivity contribution in [3.05, 3.63) is 95.6 Å². The quantitative estimate of drug-likeness (QED) is 0.575. The van der Waals surface area contributed by atoms with Gasteiger partial charge in [-0.1, -0.05) is 60.7 Å². The third-order valence-electron chi connectivity index (χ3n) is 6.82. The molecule has 0 amide bonds. The number of ether oxygens (including phenoxy) is 1. The third-order valence-corrected chi connectivity index (χ3v) is 9.34. The van der Waals surface area contributed by atoms with Crippen molar-refractivity contribution in [1.29, 1.82) is 0 Å². The van der Waals surface area contributed by atoms with Gasteiger partial charge in [-0.3, -0.25) is 9.21 Å². The molecule has 0 radical (unpaired) electrons. The number of likely N-dealkylation sites (tertiary alicyclic amines) is 1. The van der Waals surface area contributed by atoms with Crippen molar-refractivity contribution in [3.63, 3.8) is 0 Å². The van der Waals surface area contributed by atoms with Crippen molar-refractivity contribution in [2.75, 3.05) is 24.5 Å². The zero-order chi connectivity index (χ0) is 22.2. The molecule has 1 spiro atoms. The predicted octanol–water partition coefficient (Wildman–Crippen LogP) is 4.54. The number of rotatable bonds is 5. The Morgan fingerprint density at radius 2 is 1.53 bits per heavy atom. The van der Waals surface area contributed by atoms with Gasteiger partial charge < -0.3 is 4.74 Å². The predicted molar refractivity (Wildman–Crippen MR) is 127 cm³/mol. The van der Waals surface area contributed by atoms with E-state index in [-0.39, 0.29) is 0 Å². The highest BCUT2D eigenvalue weighted by Gasteiger charge is 2.56. The molecular weight excluding hydrogens is 420 g/mol. The Balaban J connectivity index is 1.41. The van der Waals surface area contributed by atoms with Crippen LogP contribution in [0.25, 0.3) is 0 Å². The van der Waals surface area contributed by atoms with Gasteiger partial charge in [-0.25, -0.2) is 8.42 Å². The molecule has 0 aromatic heterocycles. The lowest BCUT2D eigenvalue weighted by molar-refractivity contribution is 0.189. The lowest BCUT2D eigenvalue weighted by Crippen LogP contribution is -2.48. The number of para-hydroxylation sites is 1. The Hall–Kier alpha value is -2.83. The first kappa shape index (κ1) is 21.0. The van der Waals surface area contributed by atoms with Crippen LogP contribution in [0, 0.1) is 0 Å². The SMILES string of the molecule is COc1cccc(CN2CCC3(CC2)c2ccccc2N(Cc2ccccc2)S3(=O)=O)c1. The second-order valence-electron chi connectivity index (χ2n) is 8.64. The van der Waals surface area contributed by atoms with E-state index in [0.717, 1.165) is 42.2 Å². The Morgan fingerprint density at radius 3 is 2.28 bits per heavy atom. The molecular formula is C26H28N2O3S. The molecule has 166 valence electrons. The summed E-state index contributed by atoms with van der Waals surface area (Å²) < 4.78 is 34.1. The van der Waals surface area contributed by atoms with Gasteiger partial charge in [0, 0.05) is 19.6 Å². The molecule has 5 nitrogen and oxygen atoms in total. The molecule has 0 N–H and O–H groups in total. The number of fused-ring (bicyclic) bond motifs is 2. The summed E-state index contributed by atoms with van der Waals surface area (Å²) in [5.74, 6) is 0.847. The zero-order valence-corrected chi connectivity index (χ0v) is 19.1. The maximum Gasteiger partial charge on any atom is 0.245 e. The molecule has 1 fully saturated rings. The largest absolute Gasteiger partial charge is 0.497 e. The summed E-state index contributed by atoms with van der Waals surface area (Å²) in [5, 5.41) is 0. The van der Waals surface area contributed by atoms with E-state index in [9.17, 15) is 8.42 Å². The van der Waals surface area contributed by atoms with E-state index in [1.165, 1.54) is 5.56 Å². The van der Waals surface area contributed by atoms with Crippen LogP contribution >= 0.6 is 0 Å². The standard InChI is InChI=1S/C26H28N2O3S/c1-31-23-11-7-10-22(18-23)19-27-16-14-26(15-17-27)24-12-5-6-13-25(24)28(32(26,29)30)20-21-8-3-2-4-9-21/h2-13,18H,14-17,19-20H2,1H3. The summed E-state index contributed by atoms with van der Waals surface area (Å²) in [5.41, 5.74) is 3.97. The average molecular weight is 449 g/mol. The van der Waals surface area contributed by atoms with Gasteiger partial charge in [0.15, 0.2) is 0 Å². The second kappa shape index (κ2) is 8.26. The van der Waals surface area contributed by atoms with E-state index in [1.54, 1.807) is 11.4 Å². The van der Waals surface area contributed by atoms with E-state index in [0.29, 0.717) is 19.4 Å². The summed E-state index contributed by atoms with van der Waals surface area (Å²) in [4.78, 5) is 2.35. The van der Waals surface area contributed by atoms with Gasteiger partial charge in [-0.15, -0.1) is 0 Å². The van der Waals surface area contributed by atoms with Gasteiger partial charge in [-0.2, -0.15) is 0 Å². The first-order valence-electron chi connectivity index (χ1n) is 11.0. The minimum Gasteiger partial charge on any atom is -0.497 e. The van der Waals surface area contributed by atoms with E-state index in [4.69, 9.17) is 4.74 Å². The molecule has 1 saturated heterocycles. The van der Waals surface area contributed by atoms with Gasteiger partial charge in [0.2, 0.25) is 10.0 Å². The van der Waals surface area contributed by atoms with E-state index in [1.807, 2.05) is 72.8 Å². The van der Waals surface area contributed by atoms with E-state index < -0.39 is 14.8 Å². The highest BCUT2D eigenvalue weighted by atomic mass is 32.2. The summed E-state index contributed by atoms with van der Waals surface area (Å²) in [6, 6.07) is 25.8. The van der Waals surface area contributed by atoms with Crippen LogP contribution in [-0.4, -0.2) is 33.5 Å². The highest BCUT2D eigenvalue weighted by molar-refractivity contribution is 7.94. The summed E-state index contributed by atoms with van der Waals surface area (Å²) in [7, 11) is -1.85. The number of hydrogen-bond donors (Lipinski definition) is 0. The molecule has 0 unspecified atom stereocenters. The Kier molecular flexibility index (Phi) is 5.43. The highest BCUT2D eigenvalue weighted by Crippen LogP contribution is 2.53.